The molecule has 4 aromatic rings. The van der Waals surface area contributed by atoms with E-state index >= 15 is 0 Å². The number of piperidine rings is 1. The molecule has 1 fully saturated rings. The first-order chi connectivity index (χ1) is 25.0. The van der Waals surface area contributed by atoms with Crippen molar-refractivity contribution < 1.29 is 37.7 Å². The Kier molecular flexibility index (Phi) is 13.3. The van der Waals surface area contributed by atoms with Gasteiger partial charge in [0.2, 0.25) is 0 Å². The van der Waals surface area contributed by atoms with Crippen LogP contribution in [-0.4, -0.2) is 56.8 Å². The molecule has 1 N–H and O–H groups in total. The van der Waals surface area contributed by atoms with Crippen molar-refractivity contribution in [1.29, 1.82) is 0 Å². The van der Waals surface area contributed by atoms with E-state index in [2.05, 4.69) is 24.1 Å². The minimum Gasteiger partial charge on any atom is -0.619 e. The smallest absolute Gasteiger partial charge is 0.338 e. The minimum absolute atomic E-state index is 0.0536. The number of hydrogen-bond acceptors (Lipinski definition) is 9. The third-order valence-electron chi connectivity index (χ3n) is 9.28. The van der Waals surface area contributed by atoms with Crippen LogP contribution < -0.4 is 19.5 Å². The van der Waals surface area contributed by atoms with E-state index < -0.39 is 29.9 Å². The number of methoxy groups -OCH3 is 2. The van der Waals surface area contributed by atoms with Crippen LogP contribution in [0.3, 0.4) is 0 Å². The van der Waals surface area contributed by atoms with Gasteiger partial charge < -0.3 is 24.2 Å². The molecule has 1 saturated heterocycles. The Bertz CT molecular complexity index is 1840. The van der Waals surface area contributed by atoms with E-state index in [0.29, 0.717) is 45.0 Å². The van der Waals surface area contributed by atoms with Gasteiger partial charge in [-0.05, 0) is 78.5 Å². The van der Waals surface area contributed by atoms with Crippen molar-refractivity contribution in [3.05, 3.63) is 128 Å². The van der Waals surface area contributed by atoms with E-state index in [0.717, 1.165) is 19.5 Å². The second-order valence-electron chi connectivity index (χ2n) is 12.7. The molecule has 3 aromatic carbocycles. The largest absolute Gasteiger partial charge is 0.619 e. The summed E-state index contributed by atoms with van der Waals surface area (Å²) < 4.78 is 37.3. The Balaban J connectivity index is 1.36. The molecule has 2 unspecified atom stereocenters. The summed E-state index contributed by atoms with van der Waals surface area (Å²) >= 11 is 12.8. The molecule has 0 radical (unpaired) electrons. The fourth-order valence-corrected chi connectivity index (χ4v) is 6.76. The number of likely N-dealkylation sites (tertiary alicyclic amines) is 1. The van der Waals surface area contributed by atoms with Crippen LogP contribution in [0.5, 0.6) is 11.5 Å². The lowest BCUT2D eigenvalue weighted by Crippen LogP contribution is -2.46. The van der Waals surface area contributed by atoms with Gasteiger partial charge in [-0.15, -0.1) is 0 Å². The number of esters is 2. The molecule has 4 atom stereocenters. The van der Waals surface area contributed by atoms with Gasteiger partial charge >= 0.3 is 11.9 Å². The number of carbonyl (C=O) groups excluding carboxylic acids is 2. The fourth-order valence-electron chi connectivity index (χ4n) is 6.17. The SMILES string of the molecule is CCN1CCC(C)[C@@H](OC(=O)C(NCc2cccc(C(=O)O[C@@H](Cc3c(Cl)c[n+]([O-])cc3Cl)c3ccc(OC)c(OC)c3)c2)c2ccc(F)cc2)C1. The Morgan fingerprint density at radius 1 is 1.00 bits per heavy atom. The van der Waals surface area contributed by atoms with Crippen LogP contribution in [0.25, 0.3) is 0 Å². The van der Waals surface area contributed by atoms with Gasteiger partial charge in [0.05, 0.1) is 19.8 Å². The Labute approximate surface area is 312 Å². The molecule has 1 aliphatic rings. The van der Waals surface area contributed by atoms with Crippen molar-refractivity contribution in [2.45, 2.75) is 51.5 Å². The number of nitrogens with zero attached hydrogens (tertiary/aromatic N) is 2. The van der Waals surface area contributed by atoms with Gasteiger partial charge in [-0.3, -0.25) is 10.2 Å². The molecule has 1 aliphatic heterocycles. The zero-order chi connectivity index (χ0) is 37.4. The summed E-state index contributed by atoms with van der Waals surface area (Å²) in [5, 5.41) is 15.4. The Morgan fingerprint density at radius 3 is 2.37 bits per heavy atom. The van der Waals surface area contributed by atoms with Crippen LogP contribution in [0.2, 0.25) is 10.0 Å². The van der Waals surface area contributed by atoms with Gasteiger partial charge in [0.25, 0.3) is 0 Å². The van der Waals surface area contributed by atoms with Gasteiger partial charge in [0, 0.05) is 25.1 Å². The molecule has 10 nitrogen and oxygen atoms in total. The van der Waals surface area contributed by atoms with Crippen molar-refractivity contribution in [3.63, 3.8) is 0 Å². The second kappa shape index (κ2) is 17.9. The number of rotatable bonds is 14. The monoisotopic (exact) mass is 753 g/mol. The number of likely N-dealkylation sites (N-methyl/N-ethyl adjacent to an activating group) is 1. The highest BCUT2D eigenvalue weighted by Crippen LogP contribution is 2.35. The summed E-state index contributed by atoms with van der Waals surface area (Å²) in [5.41, 5.74) is 2.49. The number of benzene rings is 3. The lowest BCUT2D eigenvalue weighted by atomic mass is 9.95. The number of nitrogens with one attached hydrogen (secondary N) is 1. The van der Waals surface area contributed by atoms with Crippen LogP contribution in [0.4, 0.5) is 4.39 Å². The second-order valence-corrected chi connectivity index (χ2v) is 13.5. The Morgan fingerprint density at radius 2 is 1.69 bits per heavy atom. The van der Waals surface area contributed by atoms with Crippen LogP contribution >= 0.6 is 23.2 Å². The van der Waals surface area contributed by atoms with Gasteiger partial charge in [-0.25, -0.2) is 14.0 Å². The van der Waals surface area contributed by atoms with Crippen LogP contribution in [-0.2, 0) is 27.2 Å². The predicted molar refractivity (Wildman–Crippen MR) is 195 cm³/mol. The first-order valence-electron chi connectivity index (χ1n) is 17.0. The van der Waals surface area contributed by atoms with Crippen molar-refractivity contribution >= 4 is 35.1 Å². The molecule has 0 aliphatic carbocycles. The molecule has 1 aromatic heterocycles. The third kappa shape index (κ3) is 9.71. The first-order valence-corrected chi connectivity index (χ1v) is 17.7. The molecule has 0 spiro atoms. The average Bonchev–Trinajstić information content (AvgIpc) is 3.14. The number of aromatic nitrogens is 1. The number of halogens is 3. The third-order valence-corrected chi connectivity index (χ3v) is 9.93. The van der Waals surface area contributed by atoms with Crippen molar-refractivity contribution in [1.82, 2.24) is 10.2 Å². The summed E-state index contributed by atoms with van der Waals surface area (Å²) in [4.78, 5) is 29.7. The molecule has 0 bridgehead atoms. The quantitative estimate of drug-likeness (QED) is 0.0824. The van der Waals surface area contributed by atoms with E-state index in [1.165, 1.54) is 38.7 Å². The number of pyridine rings is 1. The van der Waals surface area contributed by atoms with E-state index in [-0.39, 0.29) is 40.6 Å². The lowest BCUT2D eigenvalue weighted by molar-refractivity contribution is -0.605. The molecule has 13 heteroatoms. The van der Waals surface area contributed by atoms with Crippen LogP contribution in [0, 0.1) is 16.9 Å². The molecular formula is C39H42Cl2FN3O7. The molecule has 0 amide bonds. The highest BCUT2D eigenvalue weighted by molar-refractivity contribution is 6.35. The predicted octanol–water partition coefficient (Wildman–Crippen LogP) is 7.03. The van der Waals surface area contributed by atoms with E-state index in [1.807, 2.05) is 6.07 Å². The van der Waals surface area contributed by atoms with Crippen molar-refractivity contribution in [2.24, 2.45) is 5.92 Å². The molecule has 2 heterocycles. The fraction of sp³-hybridized carbons (Fsp3) is 0.359. The maximum Gasteiger partial charge on any atom is 0.338 e. The summed E-state index contributed by atoms with van der Waals surface area (Å²) in [6.07, 6.45) is 2.16. The lowest BCUT2D eigenvalue weighted by Gasteiger charge is -2.36. The van der Waals surface area contributed by atoms with Crippen LogP contribution in [0.1, 0.15) is 65.0 Å². The average molecular weight is 755 g/mol. The minimum atomic E-state index is -0.893. The van der Waals surface area contributed by atoms with Gasteiger partial charge in [-0.1, -0.05) is 67.4 Å². The molecule has 0 saturated carbocycles. The maximum absolute atomic E-state index is 13.9. The van der Waals surface area contributed by atoms with Crippen molar-refractivity contribution in [3.8, 4) is 11.5 Å². The normalized spacial score (nSPS) is 17.2. The highest BCUT2D eigenvalue weighted by atomic mass is 35.5. The zero-order valence-corrected chi connectivity index (χ0v) is 31.0. The highest BCUT2D eigenvalue weighted by Gasteiger charge is 2.32. The molecule has 5 rings (SSSR count). The van der Waals surface area contributed by atoms with E-state index in [1.54, 1.807) is 48.5 Å². The maximum atomic E-state index is 13.9. The number of hydrogen-bond donors (Lipinski definition) is 1. The molecular weight excluding hydrogens is 712 g/mol. The standard InChI is InChI=1S/C39H42Cl2FN3O7/c1-5-44-16-15-24(2)36(23-44)52-39(47)37(26-9-12-29(42)13-10-26)43-20-25-7-6-8-28(17-25)38(46)51-34(19-30-31(40)21-45(48)22-32(30)41)27-11-14-33(49-3)35(18-27)50-4/h6-14,17-18,21-22,24,34,36-37,43H,5,15-16,19-20,23H2,1-4H3/t24?,34-,36-,37?/m0/s1. The Hall–Kier alpha value is -4.42. The summed E-state index contributed by atoms with van der Waals surface area (Å²) in [7, 11) is 3.01. The number of carbonyl (C=O) groups is 2. The van der Waals surface area contributed by atoms with E-state index in [4.69, 9.17) is 42.1 Å². The zero-order valence-electron chi connectivity index (χ0n) is 29.4. The van der Waals surface area contributed by atoms with Gasteiger partial charge in [-0.2, -0.15) is 4.73 Å². The summed E-state index contributed by atoms with van der Waals surface area (Å²) in [6.45, 7) is 6.81. The topological polar surface area (TPSA) is 113 Å². The molecule has 276 valence electrons. The van der Waals surface area contributed by atoms with Crippen LogP contribution in [0.15, 0.2) is 79.1 Å². The first kappa shape index (κ1) is 38.8. The molecule has 52 heavy (non-hydrogen) atoms. The summed E-state index contributed by atoms with van der Waals surface area (Å²) in [5.74, 6) is -0.410. The number of ether oxygens (including phenoxy) is 4. The summed E-state index contributed by atoms with van der Waals surface area (Å²) in [6, 6.07) is 16.8. The van der Waals surface area contributed by atoms with E-state index in [9.17, 15) is 19.2 Å². The van der Waals surface area contributed by atoms with Gasteiger partial charge in [0.1, 0.15) is 34.1 Å². The van der Waals surface area contributed by atoms with Gasteiger partial charge in [0.15, 0.2) is 23.9 Å². The van der Waals surface area contributed by atoms with Crippen molar-refractivity contribution in [2.75, 3.05) is 33.9 Å².